The molecule has 2 aromatic heterocycles. The fourth-order valence-electron chi connectivity index (χ4n) is 2.54. The predicted octanol–water partition coefficient (Wildman–Crippen LogP) is 4.16. The van der Waals surface area contributed by atoms with Gasteiger partial charge in [-0.25, -0.2) is 4.98 Å². The van der Waals surface area contributed by atoms with E-state index in [0.29, 0.717) is 5.02 Å². The Balaban J connectivity index is 2.29. The summed E-state index contributed by atoms with van der Waals surface area (Å²) >= 11 is 6.43. The number of halogens is 1. The minimum atomic E-state index is 0.684. The highest BCUT2D eigenvalue weighted by Crippen LogP contribution is 2.33. The number of pyridine rings is 1. The number of aromatic nitrogens is 3. The van der Waals surface area contributed by atoms with Gasteiger partial charge in [0.1, 0.15) is 5.75 Å². The van der Waals surface area contributed by atoms with Crippen molar-refractivity contribution in [3.8, 4) is 17.0 Å². The van der Waals surface area contributed by atoms with E-state index in [2.05, 4.69) is 17.1 Å². The Kier molecular flexibility index (Phi) is 3.55. The second-order valence-electron chi connectivity index (χ2n) is 4.88. The van der Waals surface area contributed by atoms with E-state index >= 15 is 0 Å². The third-order valence-electron chi connectivity index (χ3n) is 3.68. The molecule has 108 valence electrons. The summed E-state index contributed by atoms with van der Waals surface area (Å²) in [5.41, 5.74) is 4.65. The molecule has 0 spiro atoms. The van der Waals surface area contributed by atoms with Gasteiger partial charge in [0.2, 0.25) is 0 Å². The van der Waals surface area contributed by atoms with Crippen LogP contribution in [0.2, 0.25) is 5.02 Å². The highest BCUT2D eigenvalue weighted by molar-refractivity contribution is 6.35. The van der Waals surface area contributed by atoms with Crippen LogP contribution in [0, 0.1) is 6.92 Å². The van der Waals surface area contributed by atoms with Gasteiger partial charge in [-0.2, -0.15) is 5.10 Å². The van der Waals surface area contributed by atoms with Crippen LogP contribution in [-0.4, -0.2) is 22.3 Å². The van der Waals surface area contributed by atoms with Gasteiger partial charge in [0.25, 0.3) is 0 Å². The zero-order valence-corrected chi connectivity index (χ0v) is 13.0. The number of benzene rings is 1. The molecule has 0 aliphatic rings. The van der Waals surface area contributed by atoms with E-state index in [9.17, 15) is 0 Å². The number of aryl methyl sites for hydroxylation is 2. The Morgan fingerprint density at radius 3 is 2.86 bits per heavy atom. The highest BCUT2D eigenvalue weighted by Gasteiger charge is 2.14. The number of nitrogens with one attached hydrogen (secondary N) is 1. The maximum atomic E-state index is 6.43. The third-order valence-corrected chi connectivity index (χ3v) is 4.00. The molecular formula is C16H16ClN3O. The van der Waals surface area contributed by atoms with Crippen molar-refractivity contribution in [3.05, 3.63) is 40.7 Å². The molecule has 3 rings (SSSR count). The molecule has 0 aliphatic heterocycles. The van der Waals surface area contributed by atoms with E-state index in [1.807, 2.05) is 31.3 Å². The SMILES string of the molecule is CCc1n[nH]cc1-c1cc(Cl)c2ccc(OC)c(C)c2n1. The molecule has 0 bridgehead atoms. The summed E-state index contributed by atoms with van der Waals surface area (Å²) in [6.07, 6.45) is 2.70. The molecule has 0 saturated carbocycles. The van der Waals surface area contributed by atoms with E-state index in [-0.39, 0.29) is 0 Å². The lowest BCUT2D eigenvalue weighted by Gasteiger charge is -2.10. The third kappa shape index (κ3) is 2.25. The molecule has 2 heterocycles. The van der Waals surface area contributed by atoms with Gasteiger partial charge >= 0.3 is 0 Å². The minimum Gasteiger partial charge on any atom is -0.496 e. The Hall–Kier alpha value is -2.07. The topological polar surface area (TPSA) is 50.8 Å². The van der Waals surface area contributed by atoms with Gasteiger partial charge in [0.15, 0.2) is 0 Å². The first kappa shape index (κ1) is 13.9. The highest BCUT2D eigenvalue weighted by atomic mass is 35.5. The van der Waals surface area contributed by atoms with Crippen molar-refractivity contribution in [2.75, 3.05) is 7.11 Å². The number of hydrogen-bond donors (Lipinski definition) is 1. The summed E-state index contributed by atoms with van der Waals surface area (Å²) in [5, 5.41) is 8.75. The average molecular weight is 302 g/mol. The van der Waals surface area contributed by atoms with E-state index in [1.165, 1.54) is 0 Å². The lowest BCUT2D eigenvalue weighted by Crippen LogP contribution is -1.94. The van der Waals surface area contributed by atoms with Gasteiger partial charge in [0, 0.05) is 22.7 Å². The molecule has 1 N–H and O–H groups in total. The van der Waals surface area contributed by atoms with Crippen LogP contribution in [-0.2, 0) is 6.42 Å². The number of rotatable bonds is 3. The standard InChI is InChI=1S/C16H16ClN3O/c1-4-13-11(8-18-20-13)14-7-12(17)10-5-6-15(21-3)9(2)16(10)19-14/h5-8H,4H2,1-3H3,(H,18,20). The zero-order chi connectivity index (χ0) is 15.0. The van der Waals surface area contributed by atoms with Gasteiger partial charge < -0.3 is 4.74 Å². The average Bonchev–Trinajstić information content (AvgIpc) is 2.96. The van der Waals surface area contributed by atoms with Crippen molar-refractivity contribution in [3.63, 3.8) is 0 Å². The van der Waals surface area contributed by atoms with Crippen molar-refractivity contribution < 1.29 is 4.74 Å². The molecule has 3 aromatic rings. The normalized spacial score (nSPS) is 11.0. The van der Waals surface area contributed by atoms with Crippen LogP contribution in [0.5, 0.6) is 5.75 Å². The quantitative estimate of drug-likeness (QED) is 0.790. The largest absolute Gasteiger partial charge is 0.496 e. The first-order valence-electron chi connectivity index (χ1n) is 6.82. The molecule has 0 radical (unpaired) electrons. The molecule has 0 fully saturated rings. The zero-order valence-electron chi connectivity index (χ0n) is 12.2. The summed E-state index contributed by atoms with van der Waals surface area (Å²) in [4.78, 5) is 4.77. The van der Waals surface area contributed by atoms with Crippen molar-refractivity contribution in [1.82, 2.24) is 15.2 Å². The smallest absolute Gasteiger partial charge is 0.123 e. The number of fused-ring (bicyclic) bond motifs is 1. The molecule has 4 nitrogen and oxygen atoms in total. The lowest BCUT2D eigenvalue weighted by atomic mass is 10.1. The van der Waals surface area contributed by atoms with Gasteiger partial charge in [-0.3, -0.25) is 5.10 Å². The van der Waals surface area contributed by atoms with Gasteiger partial charge in [-0.1, -0.05) is 18.5 Å². The summed E-state index contributed by atoms with van der Waals surface area (Å²) < 4.78 is 5.37. The summed E-state index contributed by atoms with van der Waals surface area (Å²) in [6, 6.07) is 5.75. The number of H-pyrrole nitrogens is 1. The second kappa shape index (κ2) is 5.37. The molecule has 0 atom stereocenters. The van der Waals surface area contributed by atoms with Crippen molar-refractivity contribution in [1.29, 1.82) is 0 Å². The molecular weight excluding hydrogens is 286 g/mol. The van der Waals surface area contributed by atoms with Crippen molar-refractivity contribution >= 4 is 22.5 Å². The predicted molar refractivity (Wildman–Crippen MR) is 85.0 cm³/mol. The summed E-state index contributed by atoms with van der Waals surface area (Å²) in [6.45, 7) is 4.06. The molecule has 0 unspecified atom stereocenters. The summed E-state index contributed by atoms with van der Waals surface area (Å²) in [7, 11) is 1.66. The van der Waals surface area contributed by atoms with Crippen LogP contribution in [0.4, 0.5) is 0 Å². The molecule has 0 amide bonds. The lowest BCUT2D eigenvalue weighted by molar-refractivity contribution is 0.412. The summed E-state index contributed by atoms with van der Waals surface area (Å²) in [5.74, 6) is 0.811. The van der Waals surface area contributed by atoms with Crippen LogP contribution in [0.15, 0.2) is 24.4 Å². The first-order valence-corrected chi connectivity index (χ1v) is 7.20. The first-order chi connectivity index (χ1) is 10.2. The Morgan fingerprint density at radius 1 is 1.33 bits per heavy atom. The van der Waals surface area contributed by atoms with Gasteiger partial charge in [-0.15, -0.1) is 0 Å². The number of methoxy groups -OCH3 is 1. The van der Waals surface area contributed by atoms with E-state index in [4.69, 9.17) is 21.3 Å². The van der Waals surface area contributed by atoms with Crippen LogP contribution < -0.4 is 4.74 Å². The molecule has 5 heteroatoms. The Bertz CT molecular complexity index is 811. The second-order valence-corrected chi connectivity index (χ2v) is 5.28. The van der Waals surface area contributed by atoms with Gasteiger partial charge in [0.05, 0.1) is 29.0 Å². The van der Waals surface area contributed by atoms with Crippen LogP contribution >= 0.6 is 11.6 Å². The fraction of sp³-hybridized carbons (Fsp3) is 0.250. The van der Waals surface area contributed by atoms with Crippen molar-refractivity contribution in [2.24, 2.45) is 0 Å². The van der Waals surface area contributed by atoms with Crippen LogP contribution in [0.3, 0.4) is 0 Å². The fourth-order valence-corrected chi connectivity index (χ4v) is 2.79. The van der Waals surface area contributed by atoms with Gasteiger partial charge in [-0.05, 0) is 31.5 Å². The maximum absolute atomic E-state index is 6.43. The van der Waals surface area contributed by atoms with E-state index in [1.54, 1.807) is 7.11 Å². The molecule has 21 heavy (non-hydrogen) atoms. The van der Waals surface area contributed by atoms with Crippen molar-refractivity contribution in [2.45, 2.75) is 20.3 Å². The number of ether oxygens (including phenoxy) is 1. The Labute approximate surface area is 128 Å². The van der Waals surface area contributed by atoms with E-state index < -0.39 is 0 Å². The molecule has 0 saturated heterocycles. The minimum absolute atomic E-state index is 0.684. The molecule has 1 aromatic carbocycles. The molecule has 0 aliphatic carbocycles. The van der Waals surface area contributed by atoms with E-state index in [0.717, 1.165) is 45.6 Å². The monoisotopic (exact) mass is 301 g/mol. The van der Waals surface area contributed by atoms with Crippen LogP contribution in [0.1, 0.15) is 18.2 Å². The van der Waals surface area contributed by atoms with Crippen LogP contribution in [0.25, 0.3) is 22.2 Å². The number of aromatic amines is 1. The maximum Gasteiger partial charge on any atom is 0.123 e. The Morgan fingerprint density at radius 2 is 2.14 bits per heavy atom. The number of nitrogens with zero attached hydrogens (tertiary/aromatic N) is 2. The number of hydrogen-bond acceptors (Lipinski definition) is 3.